The second-order valence-corrected chi connectivity index (χ2v) is 8.08. The number of nitrogens with two attached hydrogens (primary N) is 1. The molecule has 9 heteroatoms. The molecule has 0 unspecified atom stereocenters. The summed E-state index contributed by atoms with van der Waals surface area (Å²) in [6.45, 7) is 5.23. The topological polar surface area (TPSA) is 125 Å². The summed E-state index contributed by atoms with van der Waals surface area (Å²) in [7, 11) is -4.02. The minimum absolute atomic E-state index is 0.0666. The molecule has 0 aromatic heterocycles. The van der Waals surface area contributed by atoms with Gasteiger partial charge in [-0.15, -0.1) is 0 Å². The lowest BCUT2D eigenvalue weighted by Gasteiger charge is -2.38. The van der Waals surface area contributed by atoms with Crippen LogP contribution < -0.4 is 5.73 Å². The SMILES string of the molecule is CCOC(=O)[C@H]1CC2(CC[C@H]1N)OCCO2.Cc1ccc(S(=O)(=O)O)cc1. The van der Waals surface area contributed by atoms with Crippen LogP contribution in [0, 0.1) is 12.8 Å². The van der Waals surface area contributed by atoms with Crippen LogP contribution >= 0.6 is 0 Å². The zero-order valence-electron chi connectivity index (χ0n) is 15.6. The number of hydrogen-bond donors (Lipinski definition) is 2. The van der Waals surface area contributed by atoms with Gasteiger partial charge in [0.15, 0.2) is 5.79 Å². The van der Waals surface area contributed by atoms with Gasteiger partial charge in [-0.1, -0.05) is 17.7 Å². The van der Waals surface area contributed by atoms with Crippen molar-refractivity contribution in [2.24, 2.45) is 11.7 Å². The molecule has 1 spiro atoms. The minimum atomic E-state index is -4.02. The smallest absolute Gasteiger partial charge is 0.310 e. The Morgan fingerprint density at radius 1 is 1.30 bits per heavy atom. The highest BCUT2D eigenvalue weighted by Crippen LogP contribution is 2.38. The van der Waals surface area contributed by atoms with Gasteiger partial charge in [-0.05, 0) is 32.4 Å². The second-order valence-electron chi connectivity index (χ2n) is 6.66. The summed E-state index contributed by atoms with van der Waals surface area (Å²) >= 11 is 0. The standard InChI is InChI=1S/C11H19NO4.C7H8O3S/c1-2-14-10(13)8-7-11(4-3-9(8)12)15-5-6-16-11;1-6-2-4-7(5-3-6)11(8,9)10/h8-9H,2-7,12H2,1H3;2-5H,1H3,(H,8,9,10)/t8-,9+;/m0./s1. The molecule has 3 rings (SSSR count). The Labute approximate surface area is 159 Å². The van der Waals surface area contributed by atoms with Crippen molar-refractivity contribution in [1.29, 1.82) is 0 Å². The molecular formula is C18H27NO7S. The van der Waals surface area contributed by atoms with Crippen molar-refractivity contribution in [3.8, 4) is 0 Å². The van der Waals surface area contributed by atoms with Gasteiger partial charge in [0.05, 0.1) is 30.6 Å². The van der Waals surface area contributed by atoms with E-state index in [1.807, 2.05) is 6.92 Å². The van der Waals surface area contributed by atoms with Crippen molar-refractivity contribution in [2.75, 3.05) is 19.8 Å². The Bertz CT molecular complexity index is 727. The zero-order valence-corrected chi connectivity index (χ0v) is 16.4. The first-order chi connectivity index (χ1) is 12.7. The Kier molecular flexibility index (Phi) is 7.35. The van der Waals surface area contributed by atoms with Crippen LogP contribution in [0.25, 0.3) is 0 Å². The van der Waals surface area contributed by atoms with E-state index in [9.17, 15) is 13.2 Å². The molecule has 1 saturated heterocycles. The number of carbonyl (C=O) groups excluding carboxylic acids is 1. The summed E-state index contributed by atoms with van der Waals surface area (Å²) in [4.78, 5) is 11.7. The largest absolute Gasteiger partial charge is 0.466 e. The lowest BCUT2D eigenvalue weighted by molar-refractivity contribution is -0.197. The third-order valence-corrected chi connectivity index (χ3v) is 5.50. The van der Waals surface area contributed by atoms with Gasteiger partial charge in [0.2, 0.25) is 0 Å². The summed E-state index contributed by atoms with van der Waals surface area (Å²) in [5.74, 6) is -1.10. The lowest BCUT2D eigenvalue weighted by atomic mass is 9.81. The first-order valence-electron chi connectivity index (χ1n) is 8.91. The zero-order chi connectivity index (χ0) is 20.1. The molecule has 1 aliphatic carbocycles. The van der Waals surface area contributed by atoms with Crippen molar-refractivity contribution in [3.05, 3.63) is 29.8 Å². The first kappa shape index (κ1) is 21.8. The predicted molar refractivity (Wildman–Crippen MR) is 97.6 cm³/mol. The van der Waals surface area contributed by atoms with Crippen LogP contribution in [0.2, 0.25) is 0 Å². The summed E-state index contributed by atoms with van der Waals surface area (Å²) in [5, 5.41) is 0. The van der Waals surface area contributed by atoms with Gasteiger partial charge >= 0.3 is 5.97 Å². The van der Waals surface area contributed by atoms with Gasteiger partial charge in [0.1, 0.15) is 0 Å². The van der Waals surface area contributed by atoms with E-state index in [1.165, 1.54) is 12.1 Å². The fourth-order valence-electron chi connectivity index (χ4n) is 3.15. The molecule has 27 heavy (non-hydrogen) atoms. The predicted octanol–water partition coefficient (Wildman–Crippen LogP) is 1.66. The van der Waals surface area contributed by atoms with E-state index in [0.29, 0.717) is 26.2 Å². The Balaban J connectivity index is 0.000000208. The highest BCUT2D eigenvalue weighted by atomic mass is 32.2. The van der Waals surface area contributed by atoms with Crippen molar-refractivity contribution in [2.45, 2.75) is 49.8 Å². The third kappa shape index (κ3) is 5.98. The van der Waals surface area contributed by atoms with E-state index < -0.39 is 15.9 Å². The van der Waals surface area contributed by atoms with Crippen LogP contribution in [0.15, 0.2) is 29.2 Å². The maximum Gasteiger partial charge on any atom is 0.310 e. The molecule has 0 radical (unpaired) electrons. The molecule has 1 heterocycles. The summed E-state index contributed by atoms with van der Waals surface area (Å²) in [6, 6.07) is 5.85. The average molecular weight is 401 g/mol. The van der Waals surface area contributed by atoms with E-state index in [-0.39, 0.29) is 22.8 Å². The minimum Gasteiger partial charge on any atom is -0.466 e. The van der Waals surface area contributed by atoms with Gasteiger partial charge < -0.3 is 19.9 Å². The Morgan fingerprint density at radius 3 is 2.41 bits per heavy atom. The molecule has 3 N–H and O–H groups in total. The van der Waals surface area contributed by atoms with E-state index in [4.69, 9.17) is 24.5 Å². The van der Waals surface area contributed by atoms with Crippen LogP contribution in [0.5, 0.6) is 0 Å². The summed E-state index contributed by atoms with van der Waals surface area (Å²) in [6.07, 6.45) is 2.03. The molecule has 2 aliphatic rings. The van der Waals surface area contributed by atoms with Crippen LogP contribution in [0.1, 0.15) is 31.7 Å². The molecule has 1 aliphatic heterocycles. The molecule has 0 bridgehead atoms. The van der Waals surface area contributed by atoms with Crippen LogP contribution in [0.4, 0.5) is 0 Å². The number of rotatable bonds is 3. The molecule has 8 nitrogen and oxygen atoms in total. The summed E-state index contributed by atoms with van der Waals surface area (Å²) < 4.78 is 45.8. The molecule has 1 saturated carbocycles. The number of ether oxygens (including phenoxy) is 3. The van der Waals surface area contributed by atoms with Crippen LogP contribution in [0.3, 0.4) is 0 Å². The molecular weight excluding hydrogens is 374 g/mol. The van der Waals surface area contributed by atoms with Crippen LogP contribution in [-0.2, 0) is 29.1 Å². The highest BCUT2D eigenvalue weighted by molar-refractivity contribution is 7.85. The number of aryl methyl sites for hydroxylation is 1. The quantitative estimate of drug-likeness (QED) is 0.579. The second kappa shape index (κ2) is 9.11. The van der Waals surface area contributed by atoms with Crippen molar-refractivity contribution >= 4 is 16.1 Å². The fourth-order valence-corrected chi connectivity index (χ4v) is 3.63. The van der Waals surface area contributed by atoms with Gasteiger partial charge in [-0.25, -0.2) is 0 Å². The van der Waals surface area contributed by atoms with Gasteiger partial charge in [-0.2, -0.15) is 8.42 Å². The van der Waals surface area contributed by atoms with Crippen LogP contribution in [-0.4, -0.2) is 50.6 Å². The van der Waals surface area contributed by atoms with Crippen molar-refractivity contribution in [3.63, 3.8) is 0 Å². The molecule has 0 amide bonds. The van der Waals surface area contributed by atoms with Crippen molar-refractivity contribution in [1.82, 2.24) is 0 Å². The molecule has 152 valence electrons. The molecule has 1 aromatic rings. The number of hydrogen-bond acceptors (Lipinski definition) is 7. The molecule has 1 aromatic carbocycles. The Morgan fingerprint density at radius 2 is 1.89 bits per heavy atom. The number of carbonyl (C=O) groups is 1. The van der Waals surface area contributed by atoms with Crippen molar-refractivity contribution < 1.29 is 32.0 Å². The molecule has 2 atom stereocenters. The maximum atomic E-state index is 11.7. The number of benzene rings is 1. The van der Waals surface area contributed by atoms with E-state index in [2.05, 4.69) is 0 Å². The van der Waals surface area contributed by atoms with E-state index >= 15 is 0 Å². The Hall–Kier alpha value is -1.52. The normalized spacial score (nSPS) is 24.1. The van der Waals surface area contributed by atoms with E-state index in [0.717, 1.165) is 18.4 Å². The first-order valence-corrected chi connectivity index (χ1v) is 10.4. The van der Waals surface area contributed by atoms with Gasteiger partial charge in [-0.3, -0.25) is 9.35 Å². The van der Waals surface area contributed by atoms with Gasteiger partial charge in [0.25, 0.3) is 10.1 Å². The lowest BCUT2D eigenvalue weighted by Crippen LogP contribution is -2.49. The van der Waals surface area contributed by atoms with Gasteiger partial charge in [0, 0.05) is 18.9 Å². The average Bonchev–Trinajstić information content (AvgIpc) is 3.06. The highest BCUT2D eigenvalue weighted by Gasteiger charge is 2.47. The molecule has 2 fully saturated rings. The summed E-state index contributed by atoms with van der Waals surface area (Å²) in [5.41, 5.74) is 6.91. The number of esters is 1. The maximum absolute atomic E-state index is 11.7. The monoisotopic (exact) mass is 401 g/mol. The van der Waals surface area contributed by atoms with E-state index in [1.54, 1.807) is 19.1 Å². The fraction of sp³-hybridized carbons (Fsp3) is 0.611. The third-order valence-electron chi connectivity index (χ3n) is 4.63.